The van der Waals surface area contributed by atoms with E-state index in [9.17, 15) is 4.79 Å². The molecule has 3 nitrogen and oxygen atoms in total. The minimum absolute atomic E-state index is 0.200. The maximum Gasteiger partial charge on any atom is 0.234 e. The number of nitrogens with two attached hydrogens (primary N) is 1. The van der Waals surface area contributed by atoms with E-state index in [0.717, 1.165) is 25.1 Å². The van der Waals surface area contributed by atoms with Crippen LogP contribution >= 0.6 is 23.1 Å². The van der Waals surface area contributed by atoms with E-state index in [1.54, 1.807) is 23.1 Å². The standard InChI is InChI=1S/C11H18N2OS2/c1-15-6-3-5-10(11(12)14)13-8-9-4-2-7-16-9/h2,4,7,10,13H,3,5-6,8H2,1H3,(H2,12,14). The van der Waals surface area contributed by atoms with Crippen LogP contribution in [-0.2, 0) is 11.3 Å². The van der Waals surface area contributed by atoms with Gasteiger partial charge in [0, 0.05) is 11.4 Å². The Morgan fingerprint density at radius 2 is 2.50 bits per heavy atom. The number of carbonyl (C=O) groups excluding carboxylic acids is 1. The van der Waals surface area contributed by atoms with E-state index < -0.39 is 0 Å². The molecule has 0 aromatic carbocycles. The fraction of sp³-hybridized carbons (Fsp3) is 0.545. The zero-order valence-corrected chi connectivity index (χ0v) is 11.1. The molecule has 0 aliphatic heterocycles. The van der Waals surface area contributed by atoms with Crippen molar-refractivity contribution in [2.24, 2.45) is 5.73 Å². The number of nitrogens with one attached hydrogen (secondary N) is 1. The van der Waals surface area contributed by atoms with Gasteiger partial charge in [0.15, 0.2) is 0 Å². The van der Waals surface area contributed by atoms with Crippen LogP contribution in [0.3, 0.4) is 0 Å². The van der Waals surface area contributed by atoms with Crippen molar-refractivity contribution in [2.75, 3.05) is 12.0 Å². The Morgan fingerprint density at radius 3 is 3.06 bits per heavy atom. The number of primary amides is 1. The highest BCUT2D eigenvalue weighted by Gasteiger charge is 2.13. The van der Waals surface area contributed by atoms with Gasteiger partial charge in [0.2, 0.25) is 5.91 Å². The van der Waals surface area contributed by atoms with E-state index in [1.165, 1.54) is 4.88 Å². The molecule has 1 amide bonds. The van der Waals surface area contributed by atoms with E-state index in [4.69, 9.17) is 5.73 Å². The van der Waals surface area contributed by atoms with Crippen molar-refractivity contribution in [1.29, 1.82) is 0 Å². The number of amides is 1. The molecule has 1 aromatic heterocycles. The molecular weight excluding hydrogens is 240 g/mol. The van der Waals surface area contributed by atoms with Gasteiger partial charge in [-0.1, -0.05) is 6.07 Å². The topological polar surface area (TPSA) is 55.1 Å². The number of hydrogen-bond donors (Lipinski definition) is 2. The Bertz CT molecular complexity index is 301. The van der Waals surface area contributed by atoms with Crippen LogP contribution in [0.4, 0.5) is 0 Å². The predicted octanol–water partition coefficient (Wildman–Crippen LogP) is 1.83. The average Bonchev–Trinajstić information content (AvgIpc) is 2.75. The predicted molar refractivity (Wildman–Crippen MR) is 71.8 cm³/mol. The Kier molecular flexibility index (Phi) is 6.52. The van der Waals surface area contributed by atoms with E-state index >= 15 is 0 Å². The van der Waals surface area contributed by atoms with Gasteiger partial charge in [-0.05, 0) is 36.3 Å². The summed E-state index contributed by atoms with van der Waals surface area (Å²) in [5.74, 6) is 0.822. The minimum atomic E-state index is -0.252. The van der Waals surface area contributed by atoms with Crippen molar-refractivity contribution in [1.82, 2.24) is 5.32 Å². The van der Waals surface area contributed by atoms with Crippen molar-refractivity contribution in [3.05, 3.63) is 22.4 Å². The Balaban J connectivity index is 2.30. The van der Waals surface area contributed by atoms with Crippen molar-refractivity contribution in [2.45, 2.75) is 25.4 Å². The van der Waals surface area contributed by atoms with Gasteiger partial charge in [-0.25, -0.2) is 0 Å². The summed E-state index contributed by atoms with van der Waals surface area (Å²) in [6, 6.07) is 3.86. The number of rotatable bonds is 8. The first kappa shape index (κ1) is 13.5. The molecule has 1 aromatic rings. The van der Waals surface area contributed by atoms with Crippen molar-refractivity contribution < 1.29 is 4.79 Å². The van der Waals surface area contributed by atoms with Crippen LogP contribution in [0.2, 0.25) is 0 Å². The molecule has 0 fully saturated rings. The minimum Gasteiger partial charge on any atom is -0.368 e. The molecular formula is C11H18N2OS2. The molecule has 1 rings (SSSR count). The average molecular weight is 258 g/mol. The molecule has 0 aliphatic carbocycles. The largest absolute Gasteiger partial charge is 0.368 e. The second-order valence-corrected chi connectivity index (χ2v) is 5.57. The molecule has 0 saturated carbocycles. The highest BCUT2D eigenvalue weighted by Crippen LogP contribution is 2.09. The molecule has 3 N–H and O–H groups in total. The molecule has 0 radical (unpaired) electrons. The van der Waals surface area contributed by atoms with Crippen LogP contribution in [0.1, 0.15) is 17.7 Å². The Morgan fingerprint density at radius 1 is 1.69 bits per heavy atom. The van der Waals surface area contributed by atoms with Crippen molar-refractivity contribution in [3.8, 4) is 0 Å². The summed E-state index contributed by atoms with van der Waals surface area (Å²) < 4.78 is 0. The van der Waals surface area contributed by atoms with Crippen molar-refractivity contribution in [3.63, 3.8) is 0 Å². The zero-order chi connectivity index (χ0) is 11.8. The summed E-state index contributed by atoms with van der Waals surface area (Å²) in [6.45, 7) is 0.727. The van der Waals surface area contributed by atoms with E-state index in [0.29, 0.717) is 0 Å². The first-order chi connectivity index (χ1) is 7.74. The van der Waals surface area contributed by atoms with Gasteiger partial charge >= 0.3 is 0 Å². The molecule has 1 heterocycles. The van der Waals surface area contributed by atoms with Crippen molar-refractivity contribution >= 4 is 29.0 Å². The maximum atomic E-state index is 11.2. The molecule has 90 valence electrons. The highest BCUT2D eigenvalue weighted by molar-refractivity contribution is 7.98. The lowest BCUT2D eigenvalue weighted by Crippen LogP contribution is -2.40. The summed E-state index contributed by atoms with van der Waals surface area (Å²) in [5, 5.41) is 5.24. The third kappa shape index (κ3) is 5.01. The molecule has 0 spiro atoms. The molecule has 0 saturated heterocycles. The van der Waals surface area contributed by atoms with Gasteiger partial charge in [-0.2, -0.15) is 11.8 Å². The lowest BCUT2D eigenvalue weighted by Gasteiger charge is -2.14. The van der Waals surface area contributed by atoms with Gasteiger partial charge < -0.3 is 11.1 Å². The van der Waals surface area contributed by atoms with E-state index in [-0.39, 0.29) is 11.9 Å². The highest BCUT2D eigenvalue weighted by atomic mass is 32.2. The zero-order valence-electron chi connectivity index (χ0n) is 9.44. The SMILES string of the molecule is CSCCCC(NCc1cccs1)C(N)=O. The second-order valence-electron chi connectivity index (χ2n) is 3.55. The van der Waals surface area contributed by atoms with Crippen LogP contribution in [0.5, 0.6) is 0 Å². The normalized spacial score (nSPS) is 12.6. The van der Waals surface area contributed by atoms with Crippen LogP contribution in [0.25, 0.3) is 0 Å². The third-order valence-corrected chi connectivity index (χ3v) is 3.86. The molecule has 0 aliphatic rings. The van der Waals surface area contributed by atoms with Gasteiger partial charge in [-0.3, -0.25) is 4.79 Å². The molecule has 1 atom stereocenters. The Hall–Kier alpha value is -0.520. The molecule has 0 bridgehead atoms. The second kappa shape index (κ2) is 7.70. The maximum absolute atomic E-state index is 11.2. The third-order valence-electron chi connectivity index (χ3n) is 2.29. The van der Waals surface area contributed by atoms with Crippen LogP contribution < -0.4 is 11.1 Å². The van der Waals surface area contributed by atoms with Gasteiger partial charge in [0.05, 0.1) is 6.04 Å². The van der Waals surface area contributed by atoms with Crippen LogP contribution in [-0.4, -0.2) is 24.0 Å². The number of thioether (sulfide) groups is 1. The number of hydrogen-bond acceptors (Lipinski definition) is 4. The van der Waals surface area contributed by atoms with Crippen LogP contribution in [0, 0.1) is 0 Å². The van der Waals surface area contributed by atoms with Gasteiger partial charge in [0.1, 0.15) is 0 Å². The molecule has 1 unspecified atom stereocenters. The fourth-order valence-electron chi connectivity index (χ4n) is 1.41. The van der Waals surface area contributed by atoms with Gasteiger partial charge in [0.25, 0.3) is 0 Å². The fourth-order valence-corrected chi connectivity index (χ4v) is 2.52. The lowest BCUT2D eigenvalue weighted by molar-refractivity contribution is -0.120. The molecule has 16 heavy (non-hydrogen) atoms. The van der Waals surface area contributed by atoms with Gasteiger partial charge in [-0.15, -0.1) is 11.3 Å². The summed E-state index contributed by atoms with van der Waals surface area (Å²) >= 11 is 3.48. The summed E-state index contributed by atoms with van der Waals surface area (Å²) in [5.41, 5.74) is 5.35. The summed E-state index contributed by atoms with van der Waals surface area (Å²) in [4.78, 5) is 12.4. The monoisotopic (exact) mass is 258 g/mol. The number of thiophene rings is 1. The first-order valence-electron chi connectivity index (χ1n) is 5.28. The Labute approximate surface area is 105 Å². The quantitative estimate of drug-likeness (QED) is 0.700. The first-order valence-corrected chi connectivity index (χ1v) is 7.55. The van der Waals surface area contributed by atoms with E-state index in [2.05, 4.69) is 17.6 Å². The smallest absolute Gasteiger partial charge is 0.234 e. The van der Waals surface area contributed by atoms with Crippen LogP contribution in [0.15, 0.2) is 17.5 Å². The lowest BCUT2D eigenvalue weighted by atomic mass is 10.1. The molecule has 5 heteroatoms. The van der Waals surface area contributed by atoms with E-state index in [1.807, 2.05) is 11.4 Å². The summed E-state index contributed by atoms with van der Waals surface area (Å²) in [7, 11) is 0. The summed E-state index contributed by atoms with van der Waals surface area (Å²) in [6.07, 6.45) is 3.91. The number of carbonyl (C=O) groups is 1.